The highest BCUT2D eigenvalue weighted by Gasteiger charge is 2.22. The zero-order valence-electron chi connectivity index (χ0n) is 12.3. The maximum atomic E-state index is 12.2. The van der Waals surface area contributed by atoms with Crippen LogP contribution in [0.2, 0.25) is 0 Å². The summed E-state index contributed by atoms with van der Waals surface area (Å²) in [6.07, 6.45) is 7.55. The molecule has 0 heterocycles. The van der Waals surface area contributed by atoms with Crippen LogP contribution < -0.4 is 5.73 Å². The number of hydrogen-bond donors (Lipinski definition) is 1. The lowest BCUT2D eigenvalue weighted by atomic mass is 9.83. The molecule has 0 aromatic rings. The van der Waals surface area contributed by atoms with E-state index in [1.165, 1.54) is 19.3 Å². The molecule has 2 N–H and O–H groups in total. The van der Waals surface area contributed by atoms with E-state index < -0.39 is 0 Å². The van der Waals surface area contributed by atoms with E-state index in [4.69, 9.17) is 5.73 Å². The minimum atomic E-state index is 0.325. The van der Waals surface area contributed by atoms with Gasteiger partial charge in [-0.15, -0.1) is 0 Å². The summed E-state index contributed by atoms with van der Waals surface area (Å²) in [5, 5.41) is 0. The third kappa shape index (κ3) is 4.60. The normalized spacial score (nSPS) is 25.8. The van der Waals surface area contributed by atoms with Crippen molar-refractivity contribution in [3.8, 4) is 0 Å². The van der Waals surface area contributed by atoms with Gasteiger partial charge >= 0.3 is 0 Å². The first kappa shape index (κ1) is 15.5. The Hall–Kier alpha value is -0.570. The number of rotatable bonds is 6. The number of nitrogens with two attached hydrogens (primary N) is 1. The predicted octanol–water partition coefficient (Wildman–Crippen LogP) is 2.93. The molecule has 1 fully saturated rings. The molecule has 0 radical (unpaired) electrons. The standard InChI is InChI=1S/C15H30N2O/c1-4-12(3)17(5-2)15(18)10-9-13-7-6-8-14(16)11-13/h12-14H,4-11,16H2,1-3H3. The average Bonchev–Trinajstić information content (AvgIpc) is 2.37. The number of carbonyl (C=O) groups is 1. The van der Waals surface area contributed by atoms with Gasteiger partial charge in [-0.05, 0) is 45.4 Å². The highest BCUT2D eigenvalue weighted by atomic mass is 16.2. The van der Waals surface area contributed by atoms with Gasteiger partial charge < -0.3 is 10.6 Å². The summed E-state index contributed by atoms with van der Waals surface area (Å²) < 4.78 is 0. The summed E-state index contributed by atoms with van der Waals surface area (Å²) in [6.45, 7) is 7.18. The summed E-state index contributed by atoms with van der Waals surface area (Å²) in [6, 6.07) is 0.742. The molecular weight excluding hydrogens is 224 g/mol. The van der Waals surface area contributed by atoms with Crippen LogP contribution in [0.4, 0.5) is 0 Å². The minimum Gasteiger partial charge on any atom is -0.340 e. The Morgan fingerprint density at radius 3 is 2.67 bits per heavy atom. The Kier molecular flexibility index (Phi) is 6.69. The molecule has 1 aliphatic rings. The SMILES string of the molecule is CCC(C)N(CC)C(=O)CCC1CCCC(N)C1. The fraction of sp³-hybridized carbons (Fsp3) is 0.933. The molecule has 0 aromatic carbocycles. The zero-order chi connectivity index (χ0) is 13.5. The van der Waals surface area contributed by atoms with Crippen molar-refractivity contribution in [2.45, 2.75) is 77.8 Å². The number of nitrogens with zero attached hydrogens (tertiary/aromatic N) is 1. The second-order valence-electron chi connectivity index (χ2n) is 5.77. The molecular formula is C15H30N2O. The van der Waals surface area contributed by atoms with Crippen LogP contribution in [-0.4, -0.2) is 29.4 Å². The van der Waals surface area contributed by atoms with Gasteiger partial charge in [-0.1, -0.05) is 19.8 Å². The van der Waals surface area contributed by atoms with Crippen molar-refractivity contribution in [2.24, 2.45) is 11.7 Å². The monoisotopic (exact) mass is 254 g/mol. The van der Waals surface area contributed by atoms with Crippen molar-refractivity contribution in [1.82, 2.24) is 4.90 Å². The zero-order valence-corrected chi connectivity index (χ0v) is 12.3. The molecule has 0 aliphatic heterocycles. The van der Waals surface area contributed by atoms with Crippen molar-refractivity contribution in [3.05, 3.63) is 0 Å². The molecule has 3 unspecified atom stereocenters. The maximum absolute atomic E-state index is 12.2. The fourth-order valence-electron chi connectivity index (χ4n) is 3.02. The molecule has 0 aromatic heterocycles. The Labute approximate surface area is 112 Å². The lowest BCUT2D eigenvalue weighted by molar-refractivity contribution is -0.133. The third-order valence-corrected chi connectivity index (χ3v) is 4.37. The van der Waals surface area contributed by atoms with Gasteiger partial charge in [0.25, 0.3) is 0 Å². The Bertz CT molecular complexity index is 255. The van der Waals surface area contributed by atoms with Crippen LogP contribution in [0.3, 0.4) is 0 Å². The second kappa shape index (κ2) is 7.78. The van der Waals surface area contributed by atoms with E-state index in [0.717, 1.165) is 25.8 Å². The highest BCUT2D eigenvalue weighted by Crippen LogP contribution is 2.27. The van der Waals surface area contributed by atoms with Crippen LogP contribution in [0.1, 0.15) is 65.7 Å². The molecule has 18 heavy (non-hydrogen) atoms. The average molecular weight is 254 g/mol. The van der Waals surface area contributed by atoms with E-state index in [-0.39, 0.29) is 0 Å². The second-order valence-corrected chi connectivity index (χ2v) is 5.77. The Balaban J connectivity index is 2.34. The van der Waals surface area contributed by atoms with E-state index in [1.54, 1.807) is 0 Å². The summed E-state index contributed by atoms with van der Waals surface area (Å²) in [7, 11) is 0. The first-order valence-corrected chi connectivity index (χ1v) is 7.63. The van der Waals surface area contributed by atoms with Crippen LogP contribution in [0.25, 0.3) is 0 Å². The first-order chi connectivity index (χ1) is 8.58. The van der Waals surface area contributed by atoms with Gasteiger partial charge in [0.05, 0.1) is 0 Å². The van der Waals surface area contributed by atoms with E-state index >= 15 is 0 Å². The Morgan fingerprint density at radius 1 is 1.39 bits per heavy atom. The molecule has 0 spiro atoms. The molecule has 1 rings (SSSR count). The number of amides is 1. The maximum Gasteiger partial charge on any atom is 0.222 e. The molecule has 1 amide bonds. The van der Waals surface area contributed by atoms with Crippen molar-refractivity contribution in [3.63, 3.8) is 0 Å². The van der Waals surface area contributed by atoms with Crippen LogP contribution in [0, 0.1) is 5.92 Å². The molecule has 1 aliphatic carbocycles. The van der Waals surface area contributed by atoms with Crippen LogP contribution in [0.15, 0.2) is 0 Å². The summed E-state index contributed by atoms with van der Waals surface area (Å²) in [4.78, 5) is 14.2. The largest absolute Gasteiger partial charge is 0.340 e. The third-order valence-electron chi connectivity index (χ3n) is 4.37. The molecule has 106 valence electrons. The molecule has 3 heteroatoms. The van der Waals surface area contributed by atoms with Gasteiger partial charge in [-0.2, -0.15) is 0 Å². The number of hydrogen-bond acceptors (Lipinski definition) is 2. The van der Waals surface area contributed by atoms with E-state index in [1.807, 2.05) is 4.90 Å². The van der Waals surface area contributed by atoms with Crippen LogP contribution >= 0.6 is 0 Å². The molecule has 0 bridgehead atoms. The lowest BCUT2D eigenvalue weighted by Gasteiger charge is -2.30. The van der Waals surface area contributed by atoms with Gasteiger partial charge in [0.2, 0.25) is 5.91 Å². The first-order valence-electron chi connectivity index (χ1n) is 7.63. The minimum absolute atomic E-state index is 0.325. The van der Waals surface area contributed by atoms with Gasteiger partial charge in [-0.25, -0.2) is 0 Å². The predicted molar refractivity (Wildman–Crippen MR) is 76.3 cm³/mol. The van der Waals surface area contributed by atoms with Crippen molar-refractivity contribution >= 4 is 5.91 Å². The van der Waals surface area contributed by atoms with Crippen LogP contribution in [-0.2, 0) is 4.79 Å². The topological polar surface area (TPSA) is 46.3 Å². The van der Waals surface area contributed by atoms with Crippen molar-refractivity contribution in [1.29, 1.82) is 0 Å². The molecule has 3 nitrogen and oxygen atoms in total. The Morgan fingerprint density at radius 2 is 2.11 bits per heavy atom. The van der Waals surface area contributed by atoms with E-state index in [2.05, 4.69) is 20.8 Å². The van der Waals surface area contributed by atoms with Gasteiger partial charge in [0.1, 0.15) is 0 Å². The molecule has 3 atom stereocenters. The van der Waals surface area contributed by atoms with E-state index in [9.17, 15) is 4.79 Å². The quantitative estimate of drug-likeness (QED) is 0.792. The highest BCUT2D eigenvalue weighted by molar-refractivity contribution is 5.76. The number of carbonyl (C=O) groups excluding carboxylic acids is 1. The lowest BCUT2D eigenvalue weighted by Crippen LogP contribution is -2.38. The summed E-state index contributed by atoms with van der Waals surface area (Å²) >= 11 is 0. The van der Waals surface area contributed by atoms with Gasteiger partial charge in [0, 0.05) is 25.0 Å². The van der Waals surface area contributed by atoms with Gasteiger partial charge in [-0.3, -0.25) is 4.79 Å². The smallest absolute Gasteiger partial charge is 0.222 e. The summed E-state index contributed by atoms with van der Waals surface area (Å²) in [5.41, 5.74) is 5.99. The summed E-state index contributed by atoms with van der Waals surface area (Å²) in [5.74, 6) is 0.999. The van der Waals surface area contributed by atoms with Gasteiger partial charge in [0.15, 0.2) is 0 Å². The van der Waals surface area contributed by atoms with Crippen molar-refractivity contribution < 1.29 is 4.79 Å². The molecule has 1 saturated carbocycles. The van der Waals surface area contributed by atoms with Crippen molar-refractivity contribution in [2.75, 3.05) is 6.54 Å². The fourth-order valence-corrected chi connectivity index (χ4v) is 3.02. The van der Waals surface area contributed by atoms with Crippen LogP contribution in [0.5, 0.6) is 0 Å². The van der Waals surface area contributed by atoms with E-state index in [0.29, 0.717) is 30.3 Å². The molecule has 0 saturated heterocycles.